The number of nitrogens with zero attached hydrogens (tertiary/aromatic N) is 4. The van der Waals surface area contributed by atoms with Gasteiger partial charge in [-0.25, -0.2) is 9.97 Å². The molecule has 3 rings (SSSR count). The maximum atomic E-state index is 13.5. The summed E-state index contributed by atoms with van der Waals surface area (Å²) in [5, 5.41) is 6.05. The highest BCUT2D eigenvalue weighted by Crippen LogP contribution is 2.46. The normalized spacial score (nSPS) is 12.4. The van der Waals surface area contributed by atoms with E-state index in [2.05, 4.69) is 20.4 Å². The summed E-state index contributed by atoms with van der Waals surface area (Å²) >= 11 is 0.202. The number of hydrogen-bond donors (Lipinski definition) is 1. The van der Waals surface area contributed by atoms with Crippen LogP contribution in [0, 0.1) is 0 Å². The summed E-state index contributed by atoms with van der Waals surface area (Å²) in [6, 6.07) is 3.18. The quantitative estimate of drug-likeness (QED) is 0.667. The van der Waals surface area contributed by atoms with Crippen molar-refractivity contribution in [3.05, 3.63) is 41.2 Å². The lowest BCUT2D eigenvalue weighted by molar-refractivity contribution is -0.140. The van der Waals surface area contributed by atoms with Crippen molar-refractivity contribution in [1.82, 2.24) is 19.7 Å². The Hall–Kier alpha value is -2.63. The van der Waals surface area contributed by atoms with Crippen LogP contribution in [0.1, 0.15) is 10.6 Å². The molecule has 3 aromatic heterocycles. The molecule has 3 heterocycles. The van der Waals surface area contributed by atoms with Gasteiger partial charge in [0.15, 0.2) is 5.69 Å². The van der Waals surface area contributed by atoms with Gasteiger partial charge >= 0.3 is 12.4 Å². The first-order chi connectivity index (χ1) is 12.1. The number of hydrogen-bond acceptors (Lipinski definition) is 5. The minimum atomic E-state index is -4.89. The Balaban J connectivity index is 2.26. The molecular weight excluding hydrogens is 384 g/mol. The van der Waals surface area contributed by atoms with E-state index in [4.69, 9.17) is 0 Å². The van der Waals surface area contributed by atoms with Crippen molar-refractivity contribution in [2.75, 3.05) is 12.4 Å². The van der Waals surface area contributed by atoms with Gasteiger partial charge in [-0.05, 0) is 18.2 Å². The van der Waals surface area contributed by atoms with Crippen molar-refractivity contribution in [1.29, 1.82) is 0 Å². The molecule has 0 radical (unpaired) electrons. The van der Waals surface area contributed by atoms with Gasteiger partial charge in [-0.1, -0.05) is 0 Å². The molecule has 1 N–H and O–H groups in total. The summed E-state index contributed by atoms with van der Waals surface area (Å²) in [4.78, 5) is 6.44. The minimum absolute atomic E-state index is 0.152. The molecule has 0 aromatic carbocycles. The van der Waals surface area contributed by atoms with Gasteiger partial charge in [-0.3, -0.25) is 0 Å². The van der Waals surface area contributed by atoms with Gasteiger partial charge in [0.1, 0.15) is 10.7 Å². The maximum absolute atomic E-state index is 13.5. The molecule has 0 fully saturated rings. The Morgan fingerprint density at radius 3 is 2.15 bits per heavy atom. The molecule has 0 unspecified atom stereocenters. The van der Waals surface area contributed by atoms with Crippen molar-refractivity contribution in [3.8, 4) is 16.4 Å². The fraction of sp³-hybridized carbons (Fsp3) is 0.214. The lowest BCUT2D eigenvalue weighted by Crippen LogP contribution is -2.09. The average Bonchev–Trinajstić information content (AvgIpc) is 3.19. The summed E-state index contributed by atoms with van der Waals surface area (Å²) < 4.78 is 79.7. The lowest BCUT2D eigenvalue weighted by atomic mass is 10.2. The van der Waals surface area contributed by atoms with E-state index in [1.165, 1.54) is 25.5 Å². The van der Waals surface area contributed by atoms with Crippen molar-refractivity contribution >= 4 is 17.2 Å². The van der Waals surface area contributed by atoms with Gasteiger partial charge in [0.2, 0.25) is 0 Å². The highest BCUT2D eigenvalue weighted by atomic mass is 32.1. The Morgan fingerprint density at radius 2 is 1.65 bits per heavy atom. The van der Waals surface area contributed by atoms with Crippen molar-refractivity contribution in [2.45, 2.75) is 12.4 Å². The number of alkyl halides is 6. The molecule has 12 heteroatoms. The molecule has 26 heavy (non-hydrogen) atoms. The fourth-order valence-electron chi connectivity index (χ4n) is 2.25. The van der Waals surface area contributed by atoms with Gasteiger partial charge < -0.3 is 5.32 Å². The van der Waals surface area contributed by atoms with Gasteiger partial charge in [0.05, 0.1) is 5.56 Å². The summed E-state index contributed by atoms with van der Waals surface area (Å²) in [7, 11) is 1.33. The second-order valence-corrected chi connectivity index (χ2v) is 6.03. The standard InChI is InChI=1S/C14H9F6N5S/c1-21-11-9(7-3-4-8(26-7)13(15,16)17)10(14(18,19)20)24-25(11)12-22-5-2-6-23-12/h2-6,21H,1H3. The smallest absolute Gasteiger partial charge is 0.372 e. The molecule has 0 atom stereocenters. The number of anilines is 1. The van der Waals surface area contributed by atoms with Gasteiger partial charge in [-0.2, -0.15) is 36.1 Å². The Bertz CT molecular complexity index is 912. The van der Waals surface area contributed by atoms with E-state index in [-0.39, 0.29) is 28.0 Å². The number of nitrogens with one attached hydrogen (secondary N) is 1. The number of aromatic nitrogens is 4. The van der Waals surface area contributed by atoms with Crippen LogP contribution >= 0.6 is 11.3 Å². The zero-order valence-corrected chi connectivity index (χ0v) is 13.7. The molecule has 0 saturated carbocycles. The van der Waals surface area contributed by atoms with Crippen LogP contribution in [0.25, 0.3) is 16.4 Å². The van der Waals surface area contributed by atoms with E-state index in [0.717, 1.165) is 16.8 Å². The first kappa shape index (κ1) is 18.2. The molecule has 138 valence electrons. The zero-order chi connectivity index (χ0) is 19.1. The second-order valence-electron chi connectivity index (χ2n) is 4.94. The van der Waals surface area contributed by atoms with E-state index in [1.54, 1.807) is 0 Å². The van der Waals surface area contributed by atoms with Gasteiger partial charge in [0, 0.05) is 24.3 Å². The molecule has 3 aromatic rings. The van der Waals surface area contributed by atoms with E-state index >= 15 is 0 Å². The largest absolute Gasteiger partial charge is 0.435 e. The van der Waals surface area contributed by atoms with E-state index < -0.39 is 28.5 Å². The van der Waals surface area contributed by atoms with Gasteiger partial charge in [0.25, 0.3) is 5.95 Å². The highest BCUT2D eigenvalue weighted by molar-refractivity contribution is 7.15. The van der Waals surface area contributed by atoms with Crippen molar-refractivity contribution in [2.24, 2.45) is 0 Å². The lowest BCUT2D eigenvalue weighted by Gasteiger charge is -2.07. The molecule has 0 aliphatic carbocycles. The van der Waals surface area contributed by atoms with E-state index in [1.807, 2.05) is 0 Å². The predicted octanol–water partition coefficient (Wildman–Crippen LogP) is 4.47. The van der Waals surface area contributed by atoms with E-state index in [9.17, 15) is 26.3 Å². The van der Waals surface area contributed by atoms with Crippen LogP contribution in [0.3, 0.4) is 0 Å². The van der Waals surface area contributed by atoms with Crippen LogP contribution in [0.2, 0.25) is 0 Å². The third-order valence-corrected chi connectivity index (χ3v) is 4.41. The topological polar surface area (TPSA) is 55.6 Å². The SMILES string of the molecule is CNc1c(-c2ccc(C(F)(F)F)s2)c(C(F)(F)F)nn1-c1ncccn1. The first-order valence-corrected chi connectivity index (χ1v) is 7.77. The first-order valence-electron chi connectivity index (χ1n) is 6.95. The third kappa shape index (κ3) is 3.23. The summed E-state index contributed by atoms with van der Waals surface area (Å²) in [5.74, 6) is -0.319. The monoisotopic (exact) mass is 393 g/mol. The molecule has 0 spiro atoms. The van der Waals surface area contributed by atoms with E-state index in [0.29, 0.717) is 0 Å². The summed E-state index contributed by atoms with van der Waals surface area (Å²) in [6.45, 7) is 0. The van der Waals surface area contributed by atoms with Crippen LogP contribution in [0.5, 0.6) is 0 Å². The molecule has 0 aliphatic heterocycles. The number of halogens is 6. The predicted molar refractivity (Wildman–Crippen MR) is 82.0 cm³/mol. The number of rotatable bonds is 3. The zero-order valence-electron chi connectivity index (χ0n) is 12.9. The summed E-state index contributed by atoms with van der Waals surface area (Å²) in [5.41, 5.74) is -1.82. The maximum Gasteiger partial charge on any atom is 0.435 e. The molecule has 0 bridgehead atoms. The van der Waals surface area contributed by atoms with Crippen LogP contribution in [0.4, 0.5) is 32.2 Å². The van der Waals surface area contributed by atoms with Crippen LogP contribution in [0.15, 0.2) is 30.6 Å². The second kappa shape index (κ2) is 6.27. The van der Waals surface area contributed by atoms with Crippen LogP contribution in [-0.4, -0.2) is 26.8 Å². The number of thiophene rings is 1. The van der Waals surface area contributed by atoms with Crippen molar-refractivity contribution in [3.63, 3.8) is 0 Å². The average molecular weight is 393 g/mol. The van der Waals surface area contributed by atoms with Crippen LogP contribution < -0.4 is 5.32 Å². The van der Waals surface area contributed by atoms with Crippen molar-refractivity contribution < 1.29 is 26.3 Å². The minimum Gasteiger partial charge on any atom is -0.372 e. The Kier molecular flexibility index (Phi) is 4.38. The molecular formula is C14H9F6N5S. The molecule has 0 amide bonds. The Labute approximate surface area is 146 Å². The highest BCUT2D eigenvalue weighted by Gasteiger charge is 2.41. The molecule has 5 nitrogen and oxygen atoms in total. The fourth-order valence-corrected chi connectivity index (χ4v) is 3.17. The van der Waals surface area contributed by atoms with Gasteiger partial charge in [-0.15, -0.1) is 11.3 Å². The van der Waals surface area contributed by atoms with Crippen LogP contribution in [-0.2, 0) is 12.4 Å². The summed E-state index contributed by atoms with van der Waals surface area (Å²) in [6.07, 6.45) is -6.92. The Morgan fingerprint density at radius 1 is 1.00 bits per heavy atom. The molecule has 0 saturated heterocycles. The molecule has 0 aliphatic rings. The third-order valence-electron chi connectivity index (χ3n) is 3.26.